The highest BCUT2D eigenvalue weighted by atomic mass is 35.5. The number of aromatic nitrogens is 2. The van der Waals surface area contributed by atoms with Crippen LogP contribution in [0.25, 0.3) is 11.0 Å². The standard InChI is InChI=1S/C15H20N4O2.ClH/c1-2-19-12-6-4-3-5-11(12)17-15(19)18-14(20)13-8-7-10(9-16)21-13;/h3-6,10,13H,2,7-9,16H2,1H3,(H,17,18,20);1H/t10-,13+;/m1./s1. The van der Waals surface area contributed by atoms with Gasteiger partial charge in [-0.3, -0.25) is 10.1 Å². The lowest BCUT2D eigenvalue weighted by Crippen LogP contribution is -2.30. The summed E-state index contributed by atoms with van der Waals surface area (Å²) in [5.74, 6) is 0.430. The van der Waals surface area contributed by atoms with Crippen molar-refractivity contribution in [1.29, 1.82) is 0 Å². The number of nitrogens with zero attached hydrogens (tertiary/aromatic N) is 2. The first-order valence-corrected chi connectivity index (χ1v) is 7.34. The van der Waals surface area contributed by atoms with Crippen LogP contribution in [-0.2, 0) is 16.1 Å². The van der Waals surface area contributed by atoms with Gasteiger partial charge in [0.15, 0.2) is 0 Å². The Bertz CT molecular complexity index is 658. The number of ether oxygens (including phenoxy) is 1. The molecule has 22 heavy (non-hydrogen) atoms. The summed E-state index contributed by atoms with van der Waals surface area (Å²) in [5.41, 5.74) is 7.47. The van der Waals surface area contributed by atoms with Crippen molar-refractivity contribution in [1.82, 2.24) is 9.55 Å². The summed E-state index contributed by atoms with van der Waals surface area (Å²) >= 11 is 0. The van der Waals surface area contributed by atoms with Crippen LogP contribution in [0.15, 0.2) is 24.3 Å². The zero-order valence-corrected chi connectivity index (χ0v) is 13.3. The molecule has 0 unspecified atom stereocenters. The Hall–Kier alpha value is -1.63. The number of nitrogens with two attached hydrogens (primary N) is 1. The third-order valence-corrected chi connectivity index (χ3v) is 3.87. The first-order valence-electron chi connectivity index (χ1n) is 7.34. The fourth-order valence-electron chi connectivity index (χ4n) is 2.75. The Balaban J connectivity index is 0.00000176. The average molecular weight is 325 g/mol. The Morgan fingerprint density at radius 3 is 2.91 bits per heavy atom. The summed E-state index contributed by atoms with van der Waals surface area (Å²) in [6.45, 7) is 3.23. The highest BCUT2D eigenvalue weighted by Gasteiger charge is 2.30. The van der Waals surface area contributed by atoms with Gasteiger partial charge in [0.1, 0.15) is 6.10 Å². The topological polar surface area (TPSA) is 82.2 Å². The molecule has 0 radical (unpaired) electrons. The minimum atomic E-state index is -0.427. The van der Waals surface area contributed by atoms with Crippen LogP contribution in [0.2, 0.25) is 0 Å². The minimum Gasteiger partial charge on any atom is -0.364 e. The molecule has 7 heteroatoms. The zero-order chi connectivity index (χ0) is 14.8. The number of hydrogen-bond donors (Lipinski definition) is 2. The number of halogens is 1. The van der Waals surface area contributed by atoms with E-state index in [1.807, 2.05) is 35.8 Å². The van der Waals surface area contributed by atoms with E-state index >= 15 is 0 Å². The van der Waals surface area contributed by atoms with E-state index in [-0.39, 0.29) is 24.4 Å². The molecule has 6 nitrogen and oxygen atoms in total. The number of rotatable bonds is 4. The molecular weight excluding hydrogens is 304 g/mol. The Morgan fingerprint density at radius 2 is 2.23 bits per heavy atom. The van der Waals surface area contributed by atoms with Crippen LogP contribution in [0, 0.1) is 0 Å². The average Bonchev–Trinajstić information content (AvgIpc) is 3.11. The molecule has 0 bridgehead atoms. The van der Waals surface area contributed by atoms with Crippen molar-refractivity contribution in [2.75, 3.05) is 11.9 Å². The van der Waals surface area contributed by atoms with Gasteiger partial charge in [-0.15, -0.1) is 12.4 Å². The van der Waals surface area contributed by atoms with Crippen molar-refractivity contribution < 1.29 is 9.53 Å². The number of fused-ring (bicyclic) bond motifs is 1. The Morgan fingerprint density at radius 1 is 1.45 bits per heavy atom. The van der Waals surface area contributed by atoms with Gasteiger partial charge in [0.2, 0.25) is 5.95 Å². The largest absolute Gasteiger partial charge is 0.364 e. The van der Waals surface area contributed by atoms with Crippen molar-refractivity contribution in [3.8, 4) is 0 Å². The second kappa shape index (κ2) is 7.09. The number of nitrogens with one attached hydrogen (secondary N) is 1. The molecule has 0 aliphatic carbocycles. The SMILES string of the molecule is CCn1c(NC(=O)[C@@H]2CC[C@H](CN)O2)nc2ccccc21.Cl. The molecule has 2 aromatic rings. The van der Waals surface area contributed by atoms with Crippen LogP contribution in [0.1, 0.15) is 19.8 Å². The van der Waals surface area contributed by atoms with Crippen molar-refractivity contribution in [3.63, 3.8) is 0 Å². The number of benzene rings is 1. The molecule has 1 aromatic carbocycles. The second-order valence-corrected chi connectivity index (χ2v) is 5.22. The summed E-state index contributed by atoms with van der Waals surface area (Å²) in [6.07, 6.45) is 1.10. The predicted octanol–water partition coefficient (Wildman–Crippen LogP) is 1.92. The fraction of sp³-hybridized carbons (Fsp3) is 0.467. The first kappa shape index (κ1) is 16.7. The van der Waals surface area contributed by atoms with E-state index in [0.29, 0.717) is 18.9 Å². The van der Waals surface area contributed by atoms with Crippen LogP contribution >= 0.6 is 12.4 Å². The molecular formula is C15H21ClN4O2. The van der Waals surface area contributed by atoms with E-state index < -0.39 is 6.10 Å². The number of hydrogen-bond acceptors (Lipinski definition) is 4. The summed E-state index contributed by atoms with van der Waals surface area (Å²) < 4.78 is 7.61. The van der Waals surface area contributed by atoms with Gasteiger partial charge in [-0.1, -0.05) is 12.1 Å². The first-order chi connectivity index (χ1) is 10.2. The van der Waals surface area contributed by atoms with E-state index in [2.05, 4.69) is 10.3 Å². The van der Waals surface area contributed by atoms with Gasteiger partial charge < -0.3 is 15.0 Å². The molecule has 120 valence electrons. The second-order valence-electron chi connectivity index (χ2n) is 5.22. The van der Waals surface area contributed by atoms with E-state index in [1.54, 1.807) is 0 Å². The van der Waals surface area contributed by atoms with Crippen LogP contribution in [0.5, 0.6) is 0 Å². The smallest absolute Gasteiger partial charge is 0.255 e. The van der Waals surface area contributed by atoms with Gasteiger partial charge in [-0.2, -0.15) is 0 Å². The Kier molecular flexibility index (Phi) is 5.39. The van der Waals surface area contributed by atoms with Crippen molar-refractivity contribution >= 4 is 35.3 Å². The summed E-state index contributed by atoms with van der Waals surface area (Å²) in [5, 5.41) is 2.88. The highest BCUT2D eigenvalue weighted by molar-refractivity contribution is 5.94. The highest BCUT2D eigenvalue weighted by Crippen LogP contribution is 2.22. The maximum atomic E-state index is 12.3. The maximum Gasteiger partial charge on any atom is 0.255 e. The van der Waals surface area contributed by atoms with E-state index in [1.165, 1.54) is 0 Å². The summed E-state index contributed by atoms with van der Waals surface area (Å²) in [7, 11) is 0. The molecule has 2 heterocycles. The number of amides is 1. The molecule has 1 fully saturated rings. The van der Waals surface area contributed by atoms with Crippen LogP contribution in [0.3, 0.4) is 0 Å². The van der Waals surface area contributed by atoms with Crippen LogP contribution in [-0.4, -0.2) is 34.2 Å². The quantitative estimate of drug-likeness (QED) is 0.900. The molecule has 3 N–H and O–H groups in total. The number of imidazole rings is 1. The lowest BCUT2D eigenvalue weighted by Gasteiger charge is -2.13. The molecule has 2 atom stereocenters. The molecule has 0 saturated carbocycles. The van der Waals surface area contributed by atoms with Gasteiger partial charge in [0.05, 0.1) is 17.1 Å². The normalized spacial score (nSPS) is 20.8. The number of anilines is 1. The summed E-state index contributed by atoms with van der Waals surface area (Å²) in [6, 6.07) is 7.84. The molecule has 3 rings (SSSR count). The van der Waals surface area contributed by atoms with Gasteiger partial charge in [0, 0.05) is 13.1 Å². The zero-order valence-electron chi connectivity index (χ0n) is 12.5. The predicted molar refractivity (Wildman–Crippen MR) is 88.2 cm³/mol. The van der Waals surface area contributed by atoms with Crippen molar-refractivity contribution in [2.45, 2.75) is 38.5 Å². The fourth-order valence-corrected chi connectivity index (χ4v) is 2.75. The van der Waals surface area contributed by atoms with Gasteiger partial charge >= 0.3 is 0 Å². The maximum absolute atomic E-state index is 12.3. The number of carbonyl (C=O) groups excluding carboxylic acids is 1. The molecule has 1 aliphatic rings. The number of carbonyl (C=O) groups is 1. The van der Waals surface area contributed by atoms with Crippen LogP contribution < -0.4 is 11.1 Å². The number of aryl methyl sites for hydroxylation is 1. The molecule has 0 spiro atoms. The summed E-state index contributed by atoms with van der Waals surface area (Å²) in [4.78, 5) is 16.8. The van der Waals surface area contributed by atoms with E-state index in [4.69, 9.17) is 10.5 Å². The van der Waals surface area contributed by atoms with E-state index in [9.17, 15) is 4.79 Å². The van der Waals surface area contributed by atoms with Crippen molar-refractivity contribution in [2.24, 2.45) is 5.73 Å². The molecule has 1 amide bonds. The van der Waals surface area contributed by atoms with Gasteiger partial charge in [-0.05, 0) is 31.9 Å². The molecule has 1 saturated heterocycles. The molecule has 1 aromatic heterocycles. The van der Waals surface area contributed by atoms with Crippen molar-refractivity contribution in [3.05, 3.63) is 24.3 Å². The number of para-hydroxylation sites is 2. The van der Waals surface area contributed by atoms with Gasteiger partial charge in [0.25, 0.3) is 5.91 Å². The molecule has 1 aliphatic heterocycles. The Labute approximate surface area is 135 Å². The van der Waals surface area contributed by atoms with Crippen LogP contribution in [0.4, 0.5) is 5.95 Å². The third-order valence-electron chi connectivity index (χ3n) is 3.87. The monoisotopic (exact) mass is 324 g/mol. The van der Waals surface area contributed by atoms with E-state index in [0.717, 1.165) is 24.0 Å². The lowest BCUT2D eigenvalue weighted by atomic mass is 10.2. The minimum absolute atomic E-state index is 0. The lowest BCUT2D eigenvalue weighted by molar-refractivity contribution is -0.126. The van der Waals surface area contributed by atoms with Gasteiger partial charge in [-0.25, -0.2) is 4.98 Å². The third kappa shape index (κ3) is 3.09.